The number of rotatable bonds is 3. The molecule has 28 heavy (non-hydrogen) atoms. The van der Waals surface area contributed by atoms with E-state index in [1.807, 2.05) is 32.9 Å². The highest BCUT2D eigenvalue weighted by molar-refractivity contribution is 6.32. The van der Waals surface area contributed by atoms with Gasteiger partial charge in [-0.2, -0.15) is 0 Å². The largest absolute Gasteiger partial charge is 0.487 e. The SMILES string of the molecule is Cc1ccc2c(COc3cc4oc(=O)cc(C)c4cc3Cl)cc(=O)oc2c1C. The number of benzene rings is 2. The van der Waals surface area contributed by atoms with Crippen molar-refractivity contribution in [2.45, 2.75) is 27.4 Å². The van der Waals surface area contributed by atoms with Gasteiger partial charge >= 0.3 is 11.3 Å². The lowest BCUT2D eigenvalue weighted by Gasteiger charge is -2.12. The molecule has 0 N–H and O–H groups in total. The van der Waals surface area contributed by atoms with Crippen LogP contribution in [0.25, 0.3) is 21.9 Å². The molecule has 0 spiro atoms. The lowest BCUT2D eigenvalue weighted by Crippen LogP contribution is -2.05. The summed E-state index contributed by atoms with van der Waals surface area (Å²) in [7, 11) is 0. The van der Waals surface area contributed by atoms with E-state index in [0.29, 0.717) is 27.5 Å². The first-order chi connectivity index (χ1) is 13.3. The first-order valence-electron chi connectivity index (χ1n) is 8.73. The molecule has 0 fully saturated rings. The maximum absolute atomic E-state index is 12.0. The van der Waals surface area contributed by atoms with Crippen molar-refractivity contribution in [3.05, 3.63) is 84.5 Å². The summed E-state index contributed by atoms with van der Waals surface area (Å²) in [6.45, 7) is 5.81. The number of hydrogen-bond acceptors (Lipinski definition) is 5. The van der Waals surface area contributed by atoms with Crippen LogP contribution in [-0.2, 0) is 6.61 Å². The normalized spacial score (nSPS) is 11.3. The minimum Gasteiger partial charge on any atom is -0.487 e. The molecule has 2 heterocycles. The third kappa shape index (κ3) is 3.18. The average molecular weight is 397 g/mol. The van der Waals surface area contributed by atoms with E-state index in [-0.39, 0.29) is 6.61 Å². The van der Waals surface area contributed by atoms with Crippen LogP contribution in [0.2, 0.25) is 5.02 Å². The van der Waals surface area contributed by atoms with Crippen LogP contribution in [0.3, 0.4) is 0 Å². The van der Waals surface area contributed by atoms with E-state index in [1.54, 1.807) is 12.1 Å². The van der Waals surface area contributed by atoms with E-state index in [9.17, 15) is 9.59 Å². The van der Waals surface area contributed by atoms with Gasteiger partial charge in [0, 0.05) is 34.5 Å². The zero-order valence-electron chi connectivity index (χ0n) is 15.6. The van der Waals surface area contributed by atoms with E-state index in [4.69, 9.17) is 25.2 Å². The molecule has 5 nitrogen and oxygen atoms in total. The van der Waals surface area contributed by atoms with Crippen LogP contribution < -0.4 is 16.0 Å². The molecule has 0 saturated carbocycles. The summed E-state index contributed by atoms with van der Waals surface area (Å²) in [5, 5.41) is 1.94. The average Bonchev–Trinajstić information content (AvgIpc) is 2.64. The molecule has 4 rings (SSSR count). The summed E-state index contributed by atoms with van der Waals surface area (Å²) in [5.41, 5.74) is 3.50. The van der Waals surface area contributed by atoms with Crippen LogP contribution in [0.4, 0.5) is 0 Å². The Morgan fingerprint density at radius 2 is 1.64 bits per heavy atom. The molecule has 2 aromatic carbocycles. The maximum atomic E-state index is 12.0. The van der Waals surface area contributed by atoms with Crippen molar-refractivity contribution in [1.29, 1.82) is 0 Å². The predicted octanol–water partition coefficient (Wildman–Crippen LogP) is 5.06. The molecule has 0 aliphatic carbocycles. The second-order valence-corrected chi connectivity index (χ2v) is 7.20. The zero-order valence-corrected chi connectivity index (χ0v) is 16.3. The molecule has 0 atom stereocenters. The van der Waals surface area contributed by atoms with E-state index in [0.717, 1.165) is 27.5 Å². The standard InChI is InChI=1S/C22H17ClO5/c1-11-4-5-15-14(7-21(25)28-22(15)13(11)3)10-26-19-9-18-16(8-17(19)23)12(2)6-20(24)27-18/h4-9H,10H2,1-3H3. The van der Waals surface area contributed by atoms with E-state index in [1.165, 1.54) is 12.1 Å². The van der Waals surface area contributed by atoms with Gasteiger partial charge in [0.15, 0.2) is 0 Å². The summed E-state index contributed by atoms with van der Waals surface area (Å²) in [4.78, 5) is 23.6. The molecule has 142 valence electrons. The molecule has 0 aliphatic heterocycles. The molecular formula is C22H17ClO5. The van der Waals surface area contributed by atoms with Gasteiger partial charge in [-0.15, -0.1) is 0 Å². The van der Waals surface area contributed by atoms with Gasteiger partial charge in [0.1, 0.15) is 23.5 Å². The number of halogens is 1. The van der Waals surface area contributed by atoms with E-state index >= 15 is 0 Å². The van der Waals surface area contributed by atoms with Crippen LogP contribution in [0, 0.1) is 20.8 Å². The van der Waals surface area contributed by atoms with Gasteiger partial charge in [-0.05, 0) is 43.5 Å². The molecule has 0 radical (unpaired) electrons. The van der Waals surface area contributed by atoms with Crippen molar-refractivity contribution in [3.8, 4) is 5.75 Å². The second-order valence-electron chi connectivity index (χ2n) is 6.79. The van der Waals surface area contributed by atoms with Crippen molar-refractivity contribution < 1.29 is 13.6 Å². The van der Waals surface area contributed by atoms with E-state index in [2.05, 4.69) is 0 Å². The molecule has 0 saturated heterocycles. The topological polar surface area (TPSA) is 69.7 Å². The molecular weight excluding hydrogens is 380 g/mol. The number of aryl methyl sites for hydroxylation is 3. The molecule has 2 aromatic heterocycles. The third-order valence-corrected chi connectivity index (χ3v) is 5.20. The summed E-state index contributed by atoms with van der Waals surface area (Å²) in [5.74, 6) is 0.369. The Kier molecular flexibility index (Phi) is 4.47. The van der Waals surface area contributed by atoms with Crippen molar-refractivity contribution in [2.75, 3.05) is 0 Å². The summed E-state index contributed by atoms with van der Waals surface area (Å²) < 4.78 is 16.5. The Hall–Kier alpha value is -3.05. The predicted molar refractivity (Wildman–Crippen MR) is 109 cm³/mol. The maximum Gasteiger partial charge on any atom is 0.336 e. The highest BCUT2D eigenvalue weighted by Gasteiger charge is 2.13. The van der Waals surface area contributed by atoms with Gasteiger partial charge < -0.3 is 13.6 Å². The van der Waals surface area contributed by atoms with Gasteiger partial charge in [-0.1, -0.05) is 23.7 Å². The van der Waals surface area contributed by atoms with Crippen molar-refractivity contribution in [3.63, 3.8) is 0 Å². The number of hydrogen-bond donors (Lipinski definition) is 0. The Morgan fingerprint density at radius 1 is 0.893 bits per heavy atom. The van der Waals surface area contributed by atoms with Crippen molar-refractivity contribution >= 4 is 33.5 Å². The Balaban J connectivity index is 1.76. The van der Waals surface area contributed by atoms with Crippen LogP contribution in [0.5, 0.6) is 5.75 Å². The summed E-state index contributed by atoms with van der Waals surface area (Å²) >= 11 is 6.35. The first-order valence-corrected chi connectivity index (χ1v) is 9.11. The highest BCUT2D eigenvalue weighted by atomic mass is 35.5. The highest BCUT2D eigenvalue weighted by Crippen LogP contribution is 2.32. The first kappa shape index (κ1) is 18.3. The lowest BCUT2D eigenvalue weighted by atomic mass is 10.0. The zero-order chi connectivity index (χ0) is 20.0. The third-order valence-electron chi connectivity index (χ3n) is 4.90. The van der Waals surface area contributed by atoms with Crippen LogP contribution in [0.15, 0.2) is 54.8 Å². The van der Waals surface area contributed by atoms with Gasteiger partial charge in [-0.3, -0.25) is 0 Å². The van der Waals surface area contributed by atoms with Gasteiger partial charge in [-0.25, -0.2) is 9.59 Å². The fourth-order valence-electron chi connectivity index (χ4n) is 3.23. The molecule has 0 aliphatic rings. The monoisotopic (exact) mass is 396 g/mol. The second kappa shape index (κ2) is 6.84. The molecule has 6 heteroatoms. The van der Waals surface area contributed by atoms with Gasteiger partial charge in [0.2, 0.25) is 0 Å². The van der Waals surface area contributed by atoms with Crippen LogP contribution >= 0.6 is 11.6 Å². The Morgan fingerprint density at radius 3 is 2.43 bits per heavy atom. The quantitative estimate of drug-likeness (QED) is 0.453. The minimum absolute atomic E-state index is 0.117. The number of fused-ring (bicyclic) bond motifs is 2. The fourth-order valence-corrected chi connectivity index (χ4v) is 3.45. The van der Waals surface area contributed by atoms with Crippen LogP contribution in [0.1, 0.15) is 22.3 Å². The van der Waals surface area contributed by atoms with Gasteiger partial charge in [0.05, 0.1) is 5.02 Å². The molecule has 4 aromatic rings. The summed E-state index contributed by atoms with van der Waals surface area (Å²) in [6.07, 6.45) is 0. The smallest absolute Gasteiger partial charge is 0.336 e. The Bertz CT molecular complexity index is 1350. The van der Waals surface area contributed by atoms with Crippen molar-refractivity contribution in [2.24, 2.45) is 0 Å². The summed E-state index contributed by atoms with van der Waals surface area (Å²) in [6, 6.07) is 10.0. The van der Waals surface area contributed by atoms with E-state index < -0.39 is 11.3 Å². The van der Waals surface area contributed by atoms with Gasteiger partial charge in [0.25, 0.3) is 0 Å². The number of ether oxygens (including phenoxy) is 1. The molecule has 0 amide bonds. The minimum atomic E-state index is -0.439. The molecule has 0 bridgehead atoms. The Labute approximate surface area is 165 Å². The molecule has 0 unspecified atom stereocenters. The van der Waals surface area contributed by atoms with Crippen LogP contribution in [-0.4, -0.2) is 0 Å². The lowest BCUT2D eigenvalue weighted by molar-refractivity contribution is 0.306. The van der Waals surface area contributed by atoms with Crippen molar-refractivity contribution in [1.82, 2.24) is 0 Å². The fraction of sp³-hybridized carbons (Fsp3) is 0.182.